The Hall–Kier alpha value is -1.67. The maximum absolute atomic E-state index is 11.9. The van der Waals surface area contributed by atoms with Crippen molar-refractivity contribution in [2.75, 3.05) is 35.9 Å². The summed E-state index contributed by atoms with van der Waals surface area (Å²) in [4.78, 5) is 35.5. The topological polar surface area (TPSA) is 84.5 Å². The van der Waals surface area contributed by atoms with Crippen LogP contribution in [-0.2, 0) is 19.1 Å². The van der Waals surface area contributed by atoms with Crippen LogP contribution >= 0.6 is 23.5 Å². The summed E-state index contributed by atoms with van der Waals surface area (Å²) in [7, 11) is 1.30. The molecule has 138 valence electrons. The van der Waals surface area contributed by atoms with E-state index in [4.69, 9.17) is 4.74 Å². The zero-order valence-electron chi connectivity index (χ0n) is 14.7. The third-order valence-electron chi connectivity index (χ3n) is 3.20. The predicted octanol–water partition coefficient (Wildman–Crippen LogP) is 2.08. The second-order valence-electron chi connectivity index (χ2n) is 5.34. The van der Waals surface area contributed by atoms with E-state index in [2.05, 4.69) is 10.6 Å². The standard InChI is InChI=1S/C17H24N2O4S2/c1-12-5-4-6-13(9-12)18-15(20)10-25-11-16(21)19-14(7-8-24-3)17(22)23-2/h4-6,9,14H,7-8,10-11H2,1-3H3,(H,18,20)(H,19,21)/t14-/m0/s1. The van der Waals surface area contributed by atoms with Gasteiger partial charge in [0.1, 0.15) is 6.04 Å². The molecule has 0 spiro atoms. The van der Waals surface area contributed by atoms with Crippen molar-refractivity contribution in [2.45, 2.75) is 19.4 Å². The molecular weight excluding hydrogens is 360 g/mol. The van der Waals surface area contributed by atoms with Crippen LogP contribution in [0.3, 0.4) is 0 Å². The van der Waals surface area contributed by atoms with Crippen molar-refractivity contribution < 1.29 is 19.1 Å². The number of benzene rings is 1. The average molecular weight is 385 g/mol. The van der Waals surface area contributed by atoms with Gasteiger partial charge in [-0.3, -0.25) is 9.59 Å². The highest BCUT2D eigenvalue weighted by Gasteiger charge is 2.20. The van der Waals surface area contributed by atoms with Gasteiger partial charge >= 0.3 is 5.97 Å². The van der Waals surface area contributed by atoms with Crippen molar-refractivity contribution in [2.24, 2.45) is 0 Å². The molecule has 0 heterocycles. The van der Waals surface area contributed by atoms with E-state index in [1.807, 2.05) is 37.4 Å². The molecule has 0 aliphatic heterocycles. The number of nitrogens with one attached hydrogen (secondary N) is 2. The molecule has 6 nitrogen and oxygen atoms in total. The molecule has 0 radical (unpaired) electrons. The van der Waals surface area contributed by atoms with Crippen LogP contribution < -0.4 is 10.6 Å². The Morgan fingerprint density at radius 2 is 1.92 bits per heavy atom. The Morgan fingerprint density at radius 1 is 1.20 bits per heavy atom. The lowest BCUT2D eigenvalue weighted by atomic mass is 10.2. The van der Waals surface area contributed by atoms with E-state index in [0.717, 1.165) is 17.0 Å². The number of esters is 1. The number of carbonyl (C=O) groups is 3. The number of rotatable bonds is 10. The summed E-state index contributed by atoms with van der Waals surface area (Å²) in [6.07, 6.45) is 2.44. The fraction of sp³-hybridized carbons (Fsp3) is 0.471. The number of anilines is 1. The molecule has 2 N–H and O–H groups in total. The van der Waals surface area contributed by atoms with E-state index in [0.29, 0.717) is 6.42 Å². The van der Waals surface area contributed by atoms with Crippen molar-refractivity contribution in [3.05, 3.63) is 29.8 Å². The van der Waals surface area contributed by atoms with Gasteiger partial charge in [-0.15, -0.1) is 11.8 Å². The third-order valence-corrected chi connectivity index (χ3v) is 4.78. The van der Waals surface area contributed by atoms with Crippen LogP contribution in [0.5, 0.6) is 0 Å². The van der Waals surface area contributed by atoms with Crippen molar-refractivity contribution >= 4 is 47.0 Å². The molecule has 25 heavy (non-hydrogen) atoms. The van der Waals surface area contributed by atoms with Crippen LogP contribution in [0.1, 0.15) is 12.0 Å². The van der Waals surface area contributed by atoms with E-state index >= 15 is 0 Å². The van der Waals surface area contributed by atoms with Gasteiger partial charge in [-0.05, 0) is 43.0 Å². The van der Waals surface area contributed by atoms with Crippen molar-refractivity contribution in [1.29, 1.82) is 0 Å². The SMILES string of the molecule is COC(=O)[C@H](CCSC)NC(=O)CSCC(=O)Nc1cccc(C)c1. The fourth-order valence-electron chi connectivity index (χ4n) is 2.02. The smallest absolute Gasteiger partial charge is 0.328 e. The number of hydrogen-bond acceptors (Lipinski definition) is 6. The second kappa shape index (κ2) is 11.8. The Kier molecular flexibility index (Phi) is 10.1. The summed E-state index contributed by atoms with van der Waals surface area (Å²) in [6, 6.07) is 6.86. The van der Waals surface area contributed by atoms with Gasteiger partial charge < -0.3 is 15.4 Å². The van der Waals surface area contributed by atoms with Crippen LogP contribution in [-0.4, -0.2) is 54.4 Å². The molecule has 0 aliphatic rings. The molecule has 1 aromatic rings. The number of hydrogen-bond donors (Lipinski definition) is 2. The minimum atomic E-state index is -0.647. The van der Waals surface area contributed by atoms with Gasteiger partial charge in [0, 0.05) is 5.69 Å². The molecule has 0 saturated carbocycles. The Bertz CT molecular complexity index is 596. The van der Waals surface area contributed by atoms with Crippen LogP contribution in [0.25, 0.3) is 0 Å². The van der Waals surface area contributed by atoms with Crippen molar-refractivity contribution in [3.8, 4) is 0 Å². The minimum Gasteiger partial charge on any atom is -0.467 e. The zero-order chi connectivity index (χ0) is 18.7. The first-order valence-corrected chi connectivity index (χ1v) is 10.3. The van der Waals surface area contributed by atoms with Gasteiger partial charge in [0.05, 0.1) is 18.6 Å². The van der Waals surface area contributed by atoms with Gasteiger partial charge in [0.2, 0.25) is 11.8 Å². The molecule has 0 aromatic heterocycles. The number of thioether (sulfide) groups is 2. The fourth-order valence-corrected chi connectivity index (χ4v) is 3.12. The highest BCUT2D eigenvalue weighted by Crippen LogP contribution is 2.10. The Balaban J connectivity index is 2.34. The number of amides is 2. The van der Waals surface area contributed by atoms with Gasteiger partial charge in [-0.25, -0.2) is 4.79 Å². The largest absolute Gasteiger partial charge is 0.467 e. The maximum Gasteiger partial charge on any atom is 0.328 e. The lowest BCUT2D eigenvalue weighted by Gasteiger charge is -2.15. The van der Waals surface area contributed by atoms with Gasteiger partial charge in [0.25, 0.3) is 0 Å². The molecule has 1 aromatic carbocycles. The number of carbonyl (C=O) groups excluding carboxylic acids is 3. The monoisotopic (exact) mass is 384 g/mol. The lowest BCUT2D eigenvalue weighted by molar-refractivity contribution is -0.144. The maximum atomic E-state index is 11.9. The van der Waals surface area contributed by atoms with Crippen LogP contribution in [0.15, 0.2) is 24.3 Å². The van der Waals surface area contributed by atoms with Crippen LogP contribution in [0.4, 0.5) is 5.69 Å². The van der Waals surface area contributed by atoms with Crippen molar-refractivity contribution in [1.82, 2.24) is 5.32 Å². The quantitative estimate of drug-likeness (QED) is 0.601. The van der Waals surface area contributed by atoms with E-state index in [1.165, 1.54) is 18.9 Å². The van der Waals surface area contributed by atoms with Gasteiger partial charge in [-0.2, -0.15) is 11.8 Å². The molecule has 0 bridgehead atoms. The van der Waals surface area contributed by atoms with E-state index in [9.17, 15) is 14.4 Å². The molecule has 0 saturated heterocycles. The summed E-state index contributed by atoms with van der Waals surface area (Å²) in [6.45, 7) is 1.95. The van der Waals surface area contributed by atoms with E-state index < -0.39 is 12.0 Å². The summed E-state index contributed by atoms with van der Waals surface area (Å²) >= 11 is 2.79. The predicted molar refractivity (Wildman–Crippen MR) is 104 cm³/mol. The molecule has 2 amide bonds. The zero-order valence-corrected chi connectivity index (χ0v) is 16.3. The molecule has 0 fully saturated rings. The molecular formula is C17H24N2O4S2. The van der Waals surface area contributed by atoms with Crippen molar-refractivity contribution in [3.63, 3.8) is 0 Å². The lowest BCUT2D eigenvalue weighted by Crippen LogP contribution is -2.42. The number of methoxy groups -OCH3 is 1. The molecule has 1 rings (SSSR count). The Labute approximate surface area is 156 Å². The van der Waals surface area contributed by atoms with E-state index in [-0.39, 0.29) is 23.3 Å². The second-order valence-corrected chi connectivity index (χ2v) is 7.31. The van der Waals surface area contributed by atoms with Gasteiger partial charge in [-0.1, -0.05) is 12.1 Å². The minimum absolute atomic E-state index is 0.105. The first-order chi connectivity index (χ1) is 12.0. The van der Waals surface area contributed by atoms with Gasteiger partial charge in [0.15, 0.2) is 0 Å². The molecule has 0 aliphatic carbocycles. The summed E-state index contributed by atoms with van der Waals surface area (Å²) in [5.41, 5.74) is 1.79. The summed E-state index contributed by atoms with van der Waals surface area (Å²) < 4.78 is 4.70. The average Bonchev–Trinajstić information content (AvgIpc) is 2.57. The first-order valence-electron chi connectivity index (χ1n) is 7.76. The van der Waals surface area contributed by atoms with E-state index in [1.54, 1.807) is 11.8 Å². The van der Waals surface area contributed by atoms with Crippen LogP contribution in [0, 0.1) is 6.92 Å². The highest BCUT2D eigenvalue weighted by molar-refractivity contribution is 8.00. The summed E-state index contributed by atoms with van der Waals surface area (Å²) in [5, 5.41) is 5.44. The molecule has 8 heteroatoms. The molecule has 1 atom stereocenters. The first kappa shape index (κ1) is 21.4. The summed E-state index contributed by atoms with van der Waals surface area (Å²) in [5.74, 6) is 0.0968. The number of ether oxygens (including phenoxy) is 1. The number of aryl methyl sites for hydroxylation is 1. The third kappa shape index (κ3) is 8.83. The normalized spacial score (nSPS) is 11.5. The Morgan fingerprint density at radius 3 is 2.56 bits per heavy atom. The highest BCUT2D eigenvalue weighted by atomic mass is 32.2. The van der Waals surface area contributed by atoms with Crippen LogP contribution in [0.2, 0.25) is 0 Å². The molecule has 0 unspecified atom stereocenters.